The van der Waals surface area contributed by atoms with Crippen molar-refractivity contribution in [3.8, 4) is 0 Å². The lowest BCUT2D eigenvalue weighted by Crippen LogP contribution is -2.13. The number of nitro groups is 1. The van der Waals surface area contributed by atoms with E-state index < -0.39 is 40.3 Å². The molecule has 0 N–H and O–H groups in total. The lowest BCUT2D eigenvalue weighted by Gasteiger charge is -2.10. The van der Waals surface area contributed by atoms with E-state index in [2.05, 4.69) is 4.98 Å². The highest BCUT2D eigenvalue weighted by molar-refractivity contribution is 5.48. The van der Waals surface area contributed by atoms with E-state index in [1.54, 1.807) is 0 Å². The van der Waals surface area contributed by atoms with Gasteiger partial charge >= 0.3 is 6.18 Å². The van der Waals surface area contributed by atoms with Gasteiger partial charge in [-0.05, 0) is 0 Å². The van der Waals surface area contributed by atoms with Gasteiger partial charge in [-0.2, -0.15) is 17.6 Å². The molecule has 0 unspecified atom stereocenters. The van der Waals surface area contributed by atoms with Crippen LogP contribution < -0.4 is 0 Å². The maximum absolute atomic E-state index is 12.8. The van der Waals surface area contributed by atoms with Gasteiger partial charge in [-0.1, -0.05) is 0 Å². The Morgan fingerprint density at radius 3 is 2.24 bits per heavy atom. The first kappa shape index (κ1) is 13.2. The van der Waals surface area contributed by atoms with Gasteiger partial charge in [-0.15, -0.1) is 0 Å². The molecule has 0 bridgehead atoms. The monoisotopic (exact) mass is 260 g/mol. The van der Waals surface area contributed by atoms with E-state index in [9.17, 15) is 36.5 Å². The van der Waals surface area contributed by atoms with Crippen molar-refractivity contribution < 1.29 is 31.3 Å². The number of pyridine rings is 1. The fourth-order valence-corrected chi connectivity index (χ4v) is 1.09. The molecule has 10 heteroatoms. The van der Waals surface area contributed by atoms with Gasteiger partial charge in [0.05, 0.1) is 4.92 Å². The minimum Gasteiger partial charge on any atom is -0.258 e. The third-order valence-corrected chi connectivity index (χ3v) is 1.75. The first-order chi connectivity index (χ1) is 7.66. The number of rotatable bonds is 2. The molecule has 0 aliphatic rings. The van der Waals surface area contributed by atoms with Gasteiger partial charge in [0.15, 0.2) is 11.1 Å². The molecule has 1 rings (SSSR count). The molecule has 94 valence electrons. The quantitative estimate of drug-likeness (QED) is 0.355. The molecular formula is C7H2F6N2O2. The second kappa shape index (κ2) is 4.18. The van der Waals surface area contributed by atoms with E-state index in [4.69, 9.17) is 0 Å². The minimum absolute atomic E-state index is 0.195. The number of aromatic nitrogens is 1. The molecule has 17 heavy (non-hydrogen) atoms. The summed E-state index contributed by atoms with van der Waals surface area (Å²) in [5.74, 6) is -2.00. The van der Waals surface area contributed by atoms with Crippen LogP contribution in [0.25, 0.3) is 0 Å². The summed E-state index contributed by atoms with van der Waals surface area (Å²) in [7, 11) is 0. The van der Waals surface area contributed by atoms with Crippen LogP contribution in [0.15, 0.2) is 6.20 Å². The van der Waals surface area contributed by atoms with Crippen LogP contribution in [0.2, 0.25) is 0 Å². The predicted octanol–water partition coefficient (Wildman–Crippen LogP) is 3.09. The van der Waals surface area contributed by atoms with Crippen molar-refractivity contribution in [1.29, 1.82) is 0 Å². The predicted molar refractivity (Wildman–Crippen MR) is 40.8 cm³/mol. The summed E-state index contributed by atoms with van der Waals surface area (Å²) in [6.45, 7) is 0. The Hall–Kier alpha value is -1.87. The number of hydrogen-bond acceptors (Lipinski definition) is 3. The van der Waals surface area contributed by atoms with Gasteiger partial charge in [0.1, 0.15) is 0 Å². The number of alkyl halides is 5. The normalized spacial score (nSPS) is 11.9. The van der Waals surface area contributed by atoms with Gasteiger partial charge in [0, 0.05) is 6.20 Å². The Bertz CT molecular complexity index is 458. The highest BCUT2D eigenvalue weighted by atomic mass is 19.4. The van der Waals surface area contributed by atoms with Crippen molar-refractivity contribution in [2.24, 2.45) is 0 Å². The molecule has 0 saturated heterocycles. The van der Waals surface area contributed by atoms with Crippen LogP contribution in [0.1, 0.15) is 17.6 Å². The number of halogens is 6. The molecule has 1 aromatic rings. The van der Waals surface area contributed by atoms with E-state index in [1.165, 1.54) is 0 Å². The van der Waals surface area contributed by atoms with E-state index in [0.29, 0.717) is 0 Å². The lowest BCUT2D eigenvalue weighted by atomic mass is 10.1. The third kappa shape index (κ3) is 2.45. The summed E-state index contributed by atoms with van der Waals surface area (Å²) in [5, 5.41) is 10.3. The zero-order chi connectivity index (χ0) is 13.4. The summed E-state index contributed by atoms with van der Waals surface area (Å²) in [6, 6.07) is 0. The van der Waals surface area contributed by atoms with E-state index in [-0.39, 0.29) is 6.20 Å². The lowest BCUT2D eigenvalue weighted by molar-refractivity contribution is -0.389. The largest absolute Gasteiger partial charge is 0.424 e. The molecule has 0 atom stereocenters. The zero-order valence-electron chi connectivity index (χ0n) is 7.63. The van der Waals surface area contributed by atoms with Crippen LogP contribution in [0.5, 0.6) is 0 Å². The Morgan fingerprint density at radius 1 is 1.35 bits per heavy atom. The van der Waals surface area contributed by atoms with Crippen molar-refractivity contribution in [2.45, 2.75) is 12.6 Å². The van der Waals surface area contributed by atoms with Crippen molar-refractivity contribution in [3.63, 3.8) is 0 Å². The van der Waals surface area contributed by atoms with Crippen LogP contribution in [-0.4, -0.2) is 9.91 Å². The van der Waals surface area contributed by atoms with Crippen LogP contribution in [0, 0.1) is 16.1 Å². The highest BCUT2D eigenvalue weighted by Gasteiger charge is 2.43. The fraction of sp³-hybridized carbons (Fsp3) is 0.286. The zero-order valence-corrected chi connectivity index (χ0v) is 7.63. The molecule has 1 heterocycles. The average molecular weight is 260 g/mol. The molecule has 0 aliphatic carbocycles. The molecule has 0 fully saturated rings. The highest BCUT2D eigenvalue weighted by Crippen LogP contribution is 2.41. The first-order valence-electron chi connectivity index (χ1n) is 3.84. The third-order valence-electron chi connectivity index (χ3n) is 1.75. The van der Waals surface area contributed by atoms with Gasteiger partial charge in [-0.25, -0.2) is 13.8 Å². The molecule has 0 aromatic carbocycles. The van der Waals surface area contributed by atoms with Crippen molar-refractivity contribution in [3.05, 3.63) is 33.4 Å². The maximum Gasteiger partial charge on any atom is 0.424 e. The van der Waals surface area contributed by atoms with Crippen LogP contribution in [-0.2, 0) is 6.18 Å². The molecule has 0 aliphatic heterocycles. The van der Waals surface area contributed by atoms with E-state index >= 15 is 0 Å². The van der Waals surface area contributed by atoms with Gasteiger partial charge in [0.25, 0.3) is 12.1 Å². The second-order valence-electron chi connectivity index (χ2n) is 2.78. The maximum atomic E-state index is 12.8. The second-order valence-corrected chi connectivity index (χ2v) is 2.78. The summed E-state index contributed by atoms with van der Waals surface area (Å²) in [6.07, 6.45) is -9.24. The summed E-state index contributed by atoms with van der Waals surface area (Å²) in [5.41, 5.74) is -6.00. The molecule has 1 aromatic heterocycles. The SMILES string of the molecule is O=[N+]([O-])c1c(C(F)(F)F)cnc(F)c1C(F)F. The van der Waals surface area contributed by atoms with E-state index in [1.807, 2.05) is 0 Å². The molecule has 0 radical (unpaired) electrons. The van der Waals surface area contributed by atoms with Gasteiger partial charge in [0.2, 0.25) is 5.95 Å². The fourth-order valence-electron chi connectivity index (χ4n) is 1.09. The smallest absolute Gasteiger partial charge is 0.258 e. The molecule has 0 amide bonds. The topological polar surface area (TPSA) is 56.0 Å². The van der Waals surface area contributed by atoms with Crippen LogP contribution in [0.3, 0.4) is 0 Å². The summed E-state index contributed by atoms with van der Waals surface area (Å²) >= 11 is 0. The Kier molecular flexibility index (Phi) is 3.25. The van der Waals surface area contributed by atoms with Gasteiger partial charge < -0.3 is 0 Å². The first-order valence-corrected chi connectivity index (χ1v) is 3.84. The number of nitrogens with zero attached hydrogens (tertiary/aromatic N) is 2. The average Bonchev–Trinajstić information content (AvgIpc) is 2.14. The standard InChI is InChI=1S/C7H2F6N2O2/c8-5(9)3-4(15(16)17)2(7(11,12)13)1-14-6(3)10/h1,5H. The van der Waals surface area contributed by atoms with Gasteiger partial charge in [-0.3, -0.25) is 10.1 Å². The Balaban J connectivity index is 3.66. The molecule has 0 saturated carbocycles. The van der Waals surface area contributed by atoms with Crippen molar-refractivity contribution >= 4 is 5.69 Å². The molecule has 4 nitrogen and oxygen atoms in total. The Labute approximate surface area is 89.0 Å². The number of hydrogen-bond donors (Lipinski definition) is 0. The van der Waals surface area contributed by atoms with Crippen molar-refractivity contribution in [2.75, 3.05) is 0 Å². The Morgan fingerprint density at radius 2 is 1.88 bits per heavy atom. The summed E-state index contributed by atoms with van der Waals surface area (Å²) in [4.78, 5) is 11.0. The summed E-state index contributed by atoms with van der Waals surface area (Å²) < 4.78 is 74.1. The minimum atomic E-state index is -5.27. The molecule has 0 spiro atoms. The van der Waals surface area contributed by atoms with Crippen LogP contribution in [0.4, 0.5) is 32.0 Å². The van der Waals surface area contributed by atoms with E-state index in [0.717, 1.165) is 0 Å². The van der Waals surface area contributed by atoms with Crippen molar-refractivity contribution in [1.82, 2.24) is 4.98 Å². The molecular weight excluding hydrogens is 258 g/mol. The van der Waals surface area contributed by atoms with Crippen LogP contribution >= 0.6 is 0 Å².